The third-order valence-electron chi connectivity index (χ3n) is 4.22. The maximum absolute atomic E-state index is 12.1. The van der Waals surface area contributed by atoms with Gasteiger partial charge in [0.15, 0.2) is 0 Å². The van der Waals surface area contributed by atoms with Gasteiger partial charge >= 0.3 is 0 Å². The summed E-state index contributed by atoms with van der Waals surface area (Å²) >= 11 is 0. The second kappa shape index (κ2) is 4.38. The summed E-state index contributed by atoms with van der Waals surface area (Å²) in [6.07, 6.45) is 3.51. The number of carbonyl (C=O) groups is 1. The molecule has 2 nitrogen and oxygen atoms in total. The summed E-state index contributed by atoms with van der Waals surface area (Å²) in [5.74, 6) is 0.430. The molecule has 2 heteroatoms. The van der Waals surface area contributed by atoms with Gasteiger partial charge in [-0.25, -0.2) is 0 Å². The standard InChI is InChI=1S/C15H29NO/c1-8-15(9-2)11-12(17)10-14(6,7)16(15)13(3,4)5/h8-11H2,1-7H3. The Morgan fingerprint density at radius 1 is 1.12 bits per heavy atom. The minimum absolute atomic E-state index is 0.0282. The Hall–Kier alpha value is -0.370. The highest BCUT2D eigenvalue weighted by molar-refractivity contribution is 5.82. The number of piperidine rings is 1. The Morgan fingerprint density at radius 3 is 1.94 bits per heavy atom. The molecule has 0 spiro atoms. The van der Waals surface area contributed by atoms with Gasteiger partial charge in [-0.3, -0.25) is 9.69 Å². The monoisotopic (exact) mass is 239 g/mol. The van der Waals surface area contributed by atoms with Crippen molar-refractivity contribution >= 4 is 5.78 Å². The van der Waals surface area contributed by atoms with Crippen LogP contribution >= 0.6 is 0 Å². The third-order valence-corrected chi connectivity index (χ3v) is 4.22. The molecule has 1 aliphatic heterocycles. The lowest BCUT2D eigenvalue weighted by Crippen LogP contribution is -2.68. The van der Waals surface area contributed by atoms with Gasteiger partial charge in [-0.05, 0) is 47.5 Å². The molecule has 0 radical (unpaired) electrons. The van der Waals surface area contributed by atoms with Crippen molar-refractivity contribution in [3.05, 3.63) is 0 Å². The van der Waals surface area contributed by atoms with Gasteiger partial charge in [-0.1, -0.05) is 13.8 Å². The van der Waals surface area contributed by atoms with Crippen LogP contribution in [0, 0.1) is 0 Å². The smallest absolute Gasteiger partial charge is 0.136 e. The molecule has 0 unspecified atom stereocenters. The molecule has 0 aromatic rings. The first-order valence-electron chi connectivity index (χ1n) is 6.91. The van der Waals surface area contributed by atoms with Crippen LogP contribution in [0.5, 0.6) is 0 Å². The van der Waals surface area contributed by atoms with Crippen LogP contribution < -0.4 is 0 Å². The Bertz CT molecular complexity index is 295. The van der Waals surface area contributed by atoms with Gasteiger partial charge in [-0.2, -0.15) is 0 Å². The van der Waals surface area contributed by atoms with Crippen molar-refractivity contribution in [1.82, 2.24) is 4.90 Å². The summed E-state index contributed by atoms with van der Waals surface area (Å²) in [5, 5.41) is 0. The molecule has 0 atom stereocenters. The number of likely N-dealkylation sites (tertiary alicyclic amines) is 1. The van der Waals surface area contributed by atoms with E-state index in [1.807, 2.05) is 0 Å². The van der Waals surface area contributed by atoms with Gasteiger partial charge in [0.25, 0.3) is 0 Å². The molecule has 0 bridgehead atoms. The Morgan fingerprint density at radius 2 is 1.59 bits per heavy atom. The van der Waals surface area contributed by atoms with Crippen molar-refractivity contribution in [1.29, 1.82) is 0 Å². The van der Waals surface area contributed by atoms with Gasteiger partial charge in [0.1, 0.15) is 5.78 Å². The van der Waals surface area contributed by atoms with Crippen molar-refractivity contribution in [2.75, 3.05) is 0 Å². The summed E-state index contributed by atoms with van der Waals surface area (Å²) in [6.45, 7) is 15.7. The largest absolute Gasteiger partial charge is 0.300 e. The zero-order chi connectivity index (χ0) is 13.5. The number of rotatable bonds is 2. The first kappa shape index (κ1) is 14.7. The van der Waals surface area contributed by atoms with Crippen molar-refractivity contribution < 1.29 is 4.79 Å². The van der Waals surface area contributed by atoms with E-state index >= 15 is 0 Å². The lowest BCUT2D eigenvalue weighted by atomic mass is 9.71. The zero-order valence-electron chi connectivity index (χ0n) is 12.7. The molecule has 1 fully saturated rings. The van der Waals surface area contributed by atoms with Crippen LogP contribution in [0.15, 0.2) is 0 Å². The predicted octanol–water partition coefficient (Wildman–Crippen LogP) is 3.79. The van der Waals surface area contributed by atoms with Crippen LogP contribution in [0.2, 0.25) is 0 Å². The maximum atomic E-state index is 12.1. The molecule has 100 valence electrons. The van der Waals surface area contributed by atoms with Crippen LogP contribution in [0.4, 0.5) is 0 Å². The van der Waals surface area contributed by atoms with Crippen LogP contribution in [0.3, 0.4) is 0 Å². The van der Waals surface area contributed by atoms with Gasteiger partial charge in [0, 0.05) is 29.5 Å². The van der Waals surface area contributed by atoms with Crippen molar-refractivity contribution in [3.63, 3.8) is 0 Å². The summed E-state index contributed by atoms with van der Waals surface area (Å²) in [7, 11) is 0. The van der Waals surface area contributed by atoms with Gasteiger partial charge in [-0.15, -0.1) is 0 Å². The van der Waals surface area contributed by atoms with E-state index in [0.29, 0.717) is 12.2 Å². The molecule has 17 heavy (non-hydrogen) atoms. The Labute approximate surface area is 107 Å². The number of nitrogens with zero attached hydrogens (tertiary/aromatic N) is 1. The molecule has 1 rings (SSSR count). The van der Waals surface area contributed by atoms with Crippen LogP contribution in [-0.2, 0) is 4.79 Å². The first-order chi connectivity index (χ1) is 7.59. The van der Waals surface area contributed by atoms with Crippen LogP contribution in [0.25, 0.3) is 0 Å². The minimum Gasteiger partial charge on any atom is -0.300 e. The number of hydrogen-bond donors (Lipinski definition) is 0. The van der Waals surface area contributed by atoms with Crippen molar-refractivity contribution in [2.45, 2.75) is 90.8 Å². The third kappa shape index (κ3) is 2.57. The fraction of sp³-hybridized carbons (Fsp3) is 0.933. The van der Waals surface area contributed by atoms with E-state index in [1.165, 1.54) is 0 Å². The summed E-state index contributed by atoms with van der Waals surface area (Å²) in [4.78, 5) is 14.7. The number of hydrogen-bond acceptors (Lipinski definition) is 2. The maximum Gasteiger partial charge on any atom is 0.136 e. The highest BCUT2D eigenvalue weighted by Gasteiger charge is 2.52. The van der Waals surface area contributed by atoms with E-state index in [4.69, 9.17) is 0 Å². The number of Topliss-reactive ketones (excluding diaryl/α,β-unsaturated/α-hetero) is 1. The van der Waals surface area contributed by atoms with Crippen molar-refractivity contribution in [3.8, 4) is 0 Å². The Balaban J connectivity index is 3.28. The molecule has 0 amide bonds. The van der Waals surface area contributed by atoms with Crippen LogP contribution in [0.1, 0.15) is 74.1 Å². The van der Waals surface area contributed by atoms with E-state index in [0.717, 1.165) is 19.3 Å². The van der Waals surface area contributed by atoms with Gasteiger partial charge in [0.05, 0.1) is 0 Å². The molecular weight excluding hydrogens is 210 g/mol. The predicted molar refractivity (Wildman–Crippen MR) is 73.2 cm³/mol. The molecule has 1 saturated heterocycles. The number of carbonyl (C=O) groups excluding carboxylic acids is 1. The van der Waals surface area contributed by atoms with E-state index in [2.05, 4.69) is 53.4 Å². The molecule has 0 aliphatic carbocycles. The second-order valence-corrected chi connectivity index (χ2v) is 7.14. The molecule has 0 aromatic heterocycles. The molecule has 0 saturated carbocycles. The molecule has 0 aromatic carbocycles. The average molecular weight is 239 g/mol. The summed E-state index contributed by atoms with van der Waals surface area (Å²) in [6, 6.07) is 0. The normalized spacial score (nSPS) is 25.0. The quantitative estimate of drug-likeness (QED) is 0.731. The topological polar surface area (TPSA) is 20.3 Å². The summed E-state index contributed by atoms with van der Waals surface area (Å²) in [5.41, 5.74) is 0.132. The van der Waals surface area contributed by atoms with E-state index < -0.39 is 0 Å². The highest BCUT2D eigenvalue weighted by atomic mass is 16.1. The molecule has 0 N–H and O–H groups in total. The summed E-state index contributed by atoms with van der Waals surface area (Å²) < 4.78 is 0. The van der Waals surface area contributed by atoms with Gasteiger partial charge in [0.2, 0.25) is 0 Å². The lowest BCUT2D eigenvalue weighted by molar-refractivity contribution is -0.148. The molecule has 1 heterocycles. The van der Waals surface area contributed by atoms with E-state index in [1.54, 1.807) is 0 Å². The first-order valence-corrected chi connectivity index (χ1v) is 6.91. The van der Waals surface area contributed by atoms with Gasteiger partial charge < -0.3 is 0 Å². The lowest BCUT2D eigenvalue weighted by Gasteiger charge is -2.60. The number of ketones is 1. The molecule has 1 aliphatic rings. The SMILES string of the molecule is CCC1(CC)CC(=O)CC(C)(C)N1C(C)(C)C. The minimum atomic E-state index is -0.0282. The Kier molecular flexibility index (Phi) is 3.79. The fourth-order valence-corrected chi connectivity index (χ4v) is 4.15. The van der Waals surface area contributed by atoms with Crippen molar-refractivity contribution in [2.24, 2.45) is 0 Å². The van der Waals surface area contributed by atoms with Crippen LogP contribution in [-0.4, -0.2) is 27.3 Å². The highest BCUT2D eigenvalue weighted by Crippen LogP contribution is 2.45. The fourth-order valence-electron chi connectivity index (χ4n) is 4.15. The van der Waals surface area contributed by atoms with E-state index in [-0.39, 0.29) is 16.6 Å². The second-order valence-electron chi connectivity index (χ2n) is 7.14. The molecular formula is C15H29NO. The van der Waals surface area contributed by atoms with E-state index in [9.17, 15) is 4.79 Å². The zero-order valence-corrected chi connectivity index (χ0v) is 12.7. The average Bonchev–Trinajstić information content (AvgIpc) is 2.12.